The molecule has 0 aliphatic heterocycles. The van der Waals surface area contributed by atoms with E-state index in [0.717, 1.165) is 11.3 Å². The van der Waals surface area contributed by atoms with E-state index in [4.69, 9.17) is 4.74 Å². The van der Waals surface area contributed by atoms with Crippen molar-refractivity contribution in [2.45, 2.75) is 23.9 Å². The molecule has 3 rings (SSSR count). The molecule has 3 aromatic rings. The lowest BCUT2D eigenvalue weighted by Crippen LogP contribution is -2.15. The number of rotatable bonds is 8. The van der Waals surface area contributed by atoms with Crippen molar-refractivity contribution in [2.75, 3.05) is 14.2 Å². The Morgan fingerprint density at radius 3 is 2.83 bits per heavy atom. The zero-order chi connectivity index (χ0) is 21.0. The van der Waals surface area contributed by atoms with Gasteiger partial charge in [-0.05, 0) is 10.4 Å². The molecule has 0 spiro atoms. The third kappa shape index (κ3) is 4.35. The van der Waals surface area contributed by atoms with Gasteiger partial charge in [-0.2, -0.15) is 0 Å². The van der Waals surface area contributed by atoms with Crippen LogP contribution in [0.4, 0.5) is 0 Å². The molecule has 11 nitrogen and oxygen atoms in total. The molecule has 3 aromatic heterocycles. The Bertz CT molecular complexity index is 1130. The van der Waals surface area contributed by atoms with Gasteiger partial charge in [-0.1, -0.05) is 17.8 Å². The number of aromatic nitrogens is 6. The van der Waals surface area contributed by atoms with Gasteiger partial charge in [0.1, 0.15) is 15.5 Å². The van der Waals surface area contributed by atoms with Crippen LogP contribution in [0.2, 0.25) is 0 Å². The van der Waals surface area contributed by atoms with E-state index in [1.165, 1.54) is 26.0 Å². The van der Waals surface area contributed by atoms with Crippen molar-refractivity contribution >= 4 is 45.3 Å². The van der Waals surface area contributed by atoms with E-state index in [0.29, 0.717) is 28.1 Å². The van der Waals surface area contributed by atoms with Crippen LogP contribution in [0.5, 0.6) is 0 Å². The second-order valence-electron chi connectivity index (χ2n) is 5.57. The lowest BCUT2D eigenvalue weighted by molar-refractivity contribution is -0.139. The predicted molar refractivity (Wildman–Crippen MR) is 105 cm³/mol. The SMILES string of the molecule is C=CCn1nnnc1SCc1nc2sc(C(=O)OC)c(CC(=O)OC)c2c(=O)[nH]1. The van der Waals surface area contributed by atoms with E-state index in [-0.39, 0.29) is 22.2 Å². The van der Waals surface area contributed by atoms with Crippen LogP contribution in [0.1, 0.15) is 21.1 Å². The van der Waals surface area contributed by atoms with Crippen LogP contribution in [-0.2, 0) is 33.0 Å². The smallest absolute Gasteiger partial charge is 0.348 e. The van der Waals surface area contributed by atoms with Gasteiger partial charge in [-0.3, -0.25) is 9.59 Å². The quantitative estimate of drug-likeness (QED) is 0.308. The second kappa shape index (κ2) is 8.96. The second-order valence-corrected chi connectivity index (χ2v) is 7.51. The van der Waals surface area contributed by atoms with Gasteiger partial charge in [0.15, 0.2) is 0 Å². The van der Waals surface area contributed by atoms with Crippen molar-refractivity contribution in [3.8, 4) is 0 Å². The molecular weight excluding hydrogens is 420 g/mol. The maximum absolute atomic E-state index is 12.7. The molecule has 1 N–H and O–H groups in total. The number of H-pyrrole nitrogens is 1. The Balaban J connectivity index is 1.97. The van der Waals surface area contributed by atoms with Gasteiger partial charge >= 0.3 is 11.9 Å². The van der Waals surface area contributed by atoms with Crippen LogP contribution >= 0.6 is 23.1 Å². The number of nitrogens with one attached hydrogen (secondary N) is 1. The van der Waals surface area contributed by atoms with Gasteiger partial charge in [0, 0.05) is 5.56 Å². The number of hydrogen-bond donors (Lipinski definition) is 1. The van der Waals surface area contributed by atoms with Gasteiger partial charge in [0.05, 0.1) is 38.3 Å². The van der Waals surface area contributed by atoms with Gasteiger partial charge in [0.2, 0.25) is 5.16 Å². The van der Waals surface area contributed by atoms with Crippen molar-refractivity contribution in [1.82, 2.24) is 30.2 Å². The van der Waals surface area contributed by atoms with E-state index in [2.05, 4.69) is 36.8 Å². The number of carbonyl (C=O) groups is 2. The number of methoxy groups -OCH3 is 2. The summed E-state index contributed by atoms with van der Waals surface area (Å²) in [6, 6.07) is 0. The molecule has 0 amide bonds. The summed E-state index contributed by atoms with van der Waals surface area (Å²) in [5.74, 6) is -0.558. The third-order valence-electron chi connectivity index (χ3n) is 3.77. The fourth-order valence-electron chi connectivity index (χ4n) is 2.49. The number of tetrazole rings is 1. The minimum atomic E-state index is -0.647. The van der Waals surface area contributed by atoms with Crippen molar-refractivity contribution in [3.05, 3.63) is 39.3 Å². The Kier molecular flexibility index (Phi) is 6.39. The van der Waals surface area contributed by atoms with Crippen molar-refractivity contribution < 1.29 is 19.1 Å². The molecule has 0 atom stereocenters. The Labute approximate surface area is 172 Å². The molecule has 13 heteroatoms. The van der Waals surface area contributed by atoms with E-state index >= 15 is 0 Å². The van der Waals surface area contributed by atoms with E-state index < -0.39 is 17.5 Å². The molecule has 0 aliphatic rings. The molecular formula is C16H16N6O5S2. The first-order valence-electron chi connectivity index (χ1n) is 8.18. The number of fused-ring (bicyclic) bond motifs is 1. The summed E-state index contributed by atoms with van der Waals surface area (Å²) < 4.78 is 11.0. The number of nitrogens with zero attached hydrogens (tertiary/aromatic N) is 5. The Morgan fingerprint density at radius 2 is 2.14 bits per heavy atom. The monoisotopic (exact) mass is 436 g/mol. The number of hydrogen-bond acceptors (Lipinski definition) is 11. The average molecular weight is 436 g/mol. The minimum absolute atomic E-state index is 0.144. The molecule has 29 heavy (non-hydrogen) atoms. The molecule has 0 unspecified atom stereocenters. The van der Waals surface area contributed by atoms with Crippen LogP contribution < -0.4 is 5.56 Å². The van der Waals surface area contributed by atoms with Gasteiger partial charge in [-0.25, -0.2) is 14.5 Å². The lowest BCUT2D eigenvalue weighted by atomic mass is 10.1. The normalized spacial score (nSPS) is 10.8. The van der Waals surface area contributed by atoms with Crippen molar-refractivity contribution in [3.63, 3.8) is 0 Å². The standard InChI is InChI=1S/C16H16N6O5S2/c1-4-5-22-16(19-20-21-22)28-7-9-17-13(24)11-8(6-10(23)26-2)12(15(25)27-3)29-14(11)18-9/h4H,1,5-7H2,2-3H3,(H,17,18,24). The molecule has 0 aliphatic carbocycles. The van der Waals surface area contributed by atoms with Crippen LogP contribution in [0.3, 0.4) is 0 Å². The summed E-state index contributed by atoms with van der Waals surface area (Å²) in [5, 5.41) is 12.1. The van der Waals surface area contributed by atoms with Gasteiger partial charge in [0.25, 0.3) is 5.56 Å². The highest BCUT2D eigenvalue weighted by Crippen LogP contribution is 2.30. The van der Waals surface area contributed by atoms with Gasteiger partial charge < -0.3 is 14.5 Å². The average Bonchev–Trinajstić information content (AvgIpc) is 3.30. The number of esters is 2. The molecule has 0 aromatic carbocycles. The number of allylic oxidation sites excluding steroid dienone is 1. The fourth-order valence-corrected chi connectivity index (χ4v) is 4.38. The topological polar surface area (TPSA) is 142 Å². The first kappa shape index (κ1) is 20.7. The molecule has 0 radical (unpaired) electrons. The summed E-state index contributed by atoms with van der Waals surface area (Å²) in [5.41, 5.74) is -0.215. The summed E-state index contributed by atoms with van der Waals surface area (Å²) in [6.45, 7) is 4.09. The summed E-state index contributed by atoms with van der Waals surface area (Å²) >= 11 is 2.28. The zero-order valence-electron chi connectivity index (χ0n) is 15.5. The maximum atomic E-state index is 12.7. The molecule has 3 heterocycles. The first-order chi connectivity index (χ1) is 14.0. The number of thiophene rings is 1. The minimum Gasteiger partial charge on any atom is -0.469 e. The molecule has 0 bridgehead atoms. The highest BCUT2D eigenvalue weighted by atomic mass is 32.2. The molecule has 0 saturated heterocycles. The van der Waals surface area contributed by atoms with Gasteiger partial charge in [-0.15, -0.1) is 23.0 Å². The van der Waals surface area contributed by atoms with Crippen LogP contribution in [0.15, 0.2) is 22.6 Å². The molecule has 152 valence electrons. The summed E-state index contributed by atoms with van der Waals surface area (Å²) in [7, 11) is 2.45. The van der Waals surface area contributed by atoms with E-state index in [9.17, 15) is 14.4 Å². The zero-order valence-corrected chi connectivity index (χ0v) is 17.1. The summed E-state index contributed by atoms with van der Waals surface area (Å²) in [6.07, 6.45) is 1.42. The Hall–Kier alpha value is -3.06. The van der Waals surface area contributed by atoms with E-state index in [1.807, 2.05) is 0 Å². The van der Waals surface area contributed by atoms with Crippen molar-refractivity contribution in [2.24, 2.45) is 0 Å². The number of thioether (sulfide) groups is 1. The highest BCUT2D eigenvalue weighted by Gasteiger charge is 2.24. The van der Waals surface area contributed by atoms with Crippen LogP contribution in [-0.4, -0.2) is 56.3 Å². The Morgan fingerprint density at radius 1 is 1.34 bits per heavy atom. The fraction of sp³-hybridized carbons (Fsp3) is 0.312. The predicted octanol–water partition coefficient (Wildman–Crippen LogP) is 0.951. The first-order valence-corrected chi connectivity index (χ1v) is 9.98. The third-order valence-corrected chi connectivity index (χ3v) is 5.84. The van der Waals surface area contributed by atoms with Crippen molar-refractivity contribution in [1.29, 1.82) is 0 Å². The van der Waals surface area contributed by atoms with Crippen LogP contribution in [0.25, 0.3) is 10.2 Å². The molecule has 0 saturated carbocycles. The number of ether oxygens (including phenoxy) is 2. The lowest BCUT2D eigenvalue weighted by Gasteiger charge is -2.03. The van der Waals surface area contributed by atoms with Crippen LogP contribution in [0, 0.1) is 0 Å². The largest absolute Gasteiger partial charge is 0.469 e. The maximum Gasteiger partial charge on any atom is 0.348 e. The van der Waals surface area contributed by atoms with E-state index in [1.54, 1.807) is 10.8 Å². The highest BCUT2D eigenvalue weighted by molar-refractivity contribution is 7.98. The number of aromatic amines is 1. The summed E-state index contributed by atoms with van der Waals surface area (Å²) in [4.78, 5) is 44.1. The number of carbonyl (C=O) groups excluding carboxylic acids is 2. The molecule has 0 fully saturated rings.